The third-order valence-electron chi connectivity index (χ3n) is 3.41. The number of amides is 1. The molecule has 2 rings (SSSR count). The molecule has 2 N–H and O–H groups in total. The Morgan fingerprint density at radius 3 is 2.48 bits per heavy atom. The second-order valence-corrected chi connectivity index (χ2v) is 12.9. The maximum absolute atomic E-state index is 12.3. The van der Waals surface area contributed by atoms with Crippen molar-refractivity contribution >= 4 is 40.6 Å². The fourth-order valence-corrected chi connectivity index (χ4v) is 6.84. The minimum atomic E-state index is -1.50. The number of hydrogen-bond donors (Lipinski definition) is 2. The summed E-state index contributed by atoms with van der Waals surface area (Å²) in [5, 5.41) is 3.07. The van der Waals surface area contributed by atoms with Crippen molar-refractivity contribution in [3.63, 3.8) is 0 Å². The molecule has 5 heteroatoms. The first kappa shape index (κ1) is 16.5. The predicted octanol–water partition coefficient (Wildman–Crippen LogP) is 2.60. The van der Waals surface area contributed by atoms with Crippen molar-refractivity contribution in [3.8, 4) is 0 Å². The van der Waals surface area contributed by atoms with Crippen LogP contribution < -0.4 is 11.6 Å². The van der Waals surface area contributed by atoms with Crippen LogP contribution in [0.2, 0.25) is 4.87 Å². The monoisotopic (exact) mass is 410 g/mol. The molecule has 1 amide bonds. The van der Waals surface area contributed by atoms with Crippen LogP contribution in [-0.4, -0.2) is 33.4 Å². The quantitative estimate of drug-likeness (QED) is 0.743. The molecule has 0 aliphatic heterocycles. The summed E-state index contributed by atoms with van der Waals surface area (Å²) >= 11 is 0.118. The van der Waals surface area contributed by atoms with Gasteiger partial charge in [0.2, 0.25) is 0 Å². The Labute approximate surface area is 138 Å². The molecule has 1 unspecified atom stereocenters. The van der Waals surface area contributed by atoms with E-state index in [0.717, 1.165) is 10.4 Å². The second-order valence-electron chi connectivity index (χ2n) is 5.03. The van der Waals surface area contributed by atoms with Crippen LogP contribution in [0.1, 0.15) is 33.8 Å². The van der Waals surface area contributed by atoms with Gasteiger partial charge in [-0.15, -0.1) is 0 Å². The molecular formula is C16H21N2OSSb. The van der Waals surface area contributed by atoms with Crippen LogP contribution in [0.25, 0.3) is 0 Å². The Bertz CT molecular complexity index is 609. The van der Waals surface area contributed by atoms with E-state index in [1.165, 1.54) is 8.39 Å². The van der Waals surface area contributed by atoms with E-state index in [4.69, 9.17) is 0 Å². The summed E-state index contributed by atoms with van der Waals surface area (Å²) in [6.07, 6.45) is 0. The number of carbonyl (C=O) groups is 1. The average molecular weight is 411 g/mol. The average Bonchev–Trinajstić information content (AvgIpc) is 2.97. The zero-order valence-corrected chi connectivity index (χ0v) is 16.2. The van der Waals surface area contributed by atoms with Gasteiger partial charge in [0.1, 0.15) is 0 Å². The summed E-state index contributed by atoms with van der Waals surface area (Å²) in [4.78, 5) is 15.4. The maximum atomic E-state index is 12.3. The first-order chi connectivity index (χ1) is 10.0. The molecular weight excluding hydrogens is 390 g/mol. The Balaban J connectivity index is 2.03. The summed E-state index contributed by atoms with van der Waals surface area (Å²) < 4.78 is 4.72. The van der Waals surface area contributed by atoms with Gasteiger partial charge in [-0.2, -0.15) is 0 Å². The van der Waals surface area contributed by atoms with E-state index in [9.17, 15) is 4.79 Å². The zero-order valence-electron chi connectivity index (χ0n) is 12.8. The molecule has 2 aromatic rings. The van der Waals surface area contributed by atoms with E-state index in [0.29, 0.717) is 0 Å². The van der Waals surface area contributed by atoms with E-state index in [-0.39, 0.29) is 11.9 Å². The van der Waals surface area contributed by atoms with Crippen molar-refractivity contribution in [2.75, 3.05) is 7.05 Å². The Morgan fingerprint density at radius 1 is 1.19 bits per heavy atom. The fraction of sp³-hybridized carbons (Fsp3) is 0.312. The fourth-order valence-electron chi connectivity index (χ4n) is 1.95. The van der Waals surface area contributed by atoms with Crippen LogP contribution in [0.15, 0.2) is 36.4 Å². The number of carbonyl (C=O) groups excluding carboxylic acids is 1. The number of benzene rings is 1. The number of aryl methyl sites for hydroxylation is 1. The molecule has 1 aromatic heterocycles. The van der Waals surface area contributed by atoms with Gasteiger partial charge in [-0.05, 0) is 0 Å². The molecule has 112 valence electrons. The van der Waals surface area contributed by atoms with E-state index in [2.05, 4.69) is 50.9 Å². The third-order valence-corrected chi connectivity index (χ3v) is 11.1. The summed E-state index contributed by atoms with van der Waals surface area (Å²) in [6.45, 7) is 4.08. The number of nitrogens with one attached hydrogen (secondary N) is 2. The molecule has 21 heavy (non-hydrogen) atoms. The van der Waals surface area contributed by atoms with Gasteiger partial charge >= 0.3 is 138 Å². The van der Waals surface area contributed by atoms with E-state index in [1.54, 1.807) is 11.3 Å². The Kier molecular flexibility index (Phi) is 5.86. The Morgan fingerprint density at radius 2 is 1.86 bits per heavy atom. The molecule has 0 aliphatic carbocycles. The molecule has 0 radical (unpaired) electrons. The molecule has 0 saturated carbocycles. The third kappa shape index (κ3) is 4.32. The second kappa shape index (κ2) is 7.44. The summed E-state index contributed by atoms with van der Waals surface area (Å²) in [7, 11) is 2.00. The van der Waals surface area contributed by atoms with E-state index >= 15 is 0 Å². The van der Waals surface area contributed by atoms with Gasteiger partial charge in [0.25, 0.3) is 0 Å². The van der Waals surface area contributed by atoms with Crippen molar-refractivity contribution in [1.82, 2.24) is 8.79 Å². The molecule has 0 bridgehead atoms. The van der Waals surface area contributed by atoms with Crippen LogP contribution in [0.5, 0.6) is 0 Å². The molecule has 0 saturated heterocycles. The summed E-state index contributed by atoms with van der Waals surface area (Å²) in [5.74, 6) is 0.0179. The van der Waals surface area contributed by atoms with Crippen molar-refractivity contribution in [3.05, 3.63) is 52.4 Å². The molecule has 1 heterocycles. The van der Waals surface area contributed by atoms with Crippen LogP contribution in [0, 0.1) is 6.92 Å². The molecule has 0 fully saturated rings. The van der Waals surface area contributed by atoms with E-state index in [1.807, 2.05) is 20.0 Å². The van der Waals surface area contributed by atoms with Crippen LogP contribution in [-0.2, 0) is 0 Å². The normalized spacial score (nSPS) is 12.4. The summed E-state index contributed by atoms with van der Waals surface area (Å²) in [5.41, 5.74) is 2.36. The van der Waals surface area contributed by atoms with E-state index < -0.39 is 20.5 Å². The van der Waals surface area contributed by atoms with Crippen molar-refractivity contribution < 1.29 is 4.79 Å². The van der Waals surface area contributed by atoms with Crippen LogP contribution >= 0.6 is 11.3 Å². The Hall–Kier alpha value is -0.832. The molecule has 1 aromatic carbocycles. The first-order valence-electron chi connectivity index (χ1n) is 6.89. The number of hydrogen-bond acceptors (Lipinski definition) is 3. The van der Waals surface area contributed by atoms with Gasteiger partial charge in [-0.3, -0.25) is 0 Å². The van der Waals surface area contributed by atoms with Crippen molar-refractivity contribution in [2.24, 2.45) is 0 Å². The predicted molar refractivity (Wildman–Crippen MR) is 91.7 cm³/mol. The molecule has 0 spiro atoms. The van der Waals surface area contributed by atoms with Gasteiger partial charge in [0, 0.05) is 0 Å². The minimum absolute atomic E-state index is 0.0179. The number of thiophene rings is 1. The zero-order chi connectivity index (χ0) is 15.4. The molecule has 0 aliphatic rings. The van der Waals surface area contributed by atoms with Crippen LogP contribution in [0.4, 0.5) is 0 Å². The standard InChI is InChI=1S/C14H14NOS.CH4N.CH3.Sb/c1-10-5-7-12(8-6-10)11(2)15-14(16)13-4-3-9-17-13;1-2;;/h3-8,11H,1-2H3,(H,15,16);2H,1H3;1H3;/q;-1;;+1. The van der Waals surface area contributed by atoms with Crippen LogP contribution in [0.3, 0.4) is 0 Å². The molecule has 3 nitrogen and oxygen atoms in total. The summed E-state index contributed by atoms with van der Waals surface area (Å²) in [6, 6.07) is 12.3. The first-order valence-corrected chi connectivity index (χ1v) is 12.8. The molecule has 1 atom stereocenters. The van der Waals surface area contributed by atoms with Gasteiger partial charge < -0.3 is 0 Å². The van der Waals surface area contributed by atoms with Gasteiger partial charge in [0.05, 0.1) is 0 Å². The number of rotatable bonds is 5. The van der Waals surface area contributed by atoms with Gasteiger partial charge in [-0.25, -0.2) is 0 Å². The van der Waals surface area contributed by atoms with Crippen molar-refractivity contribution in [2.45, 2.75) is 24.8 Å². The van der Waals surface area contributed by atoms with Crippen molar-refractivity contribution in [1.29, 1.82) is 0 Å². The van der Waals surface area contributed by atoms with Gasteiger partial charge in [0.15, 0.2) is 0 Å². The SMILES string of the molecule is C[NH][Sb]([CH3])[c]1ccc(C(=O)NC(C)c2ccc(C)cc2)s1. The van der Waals surface area contributed by atoms with Gasteiger partial charge in [-0.1, -0.05) is 0 Å². The topological polar surface area (TPSA) is 41.1 Å².